The fourth-order valence-electron chi connectivity index (χ4n) is 1.38. The summed E-state index contributed by atoms with van der Waals surface area (Å²) < 4.78 is 4.84. The molecule has 0 unspecified atom stereocenters. The Hall–Kier alpha value is -1.36. The molecule has 0 bridgehead atoms. The molecule has 0 heterocycles. The van der Waals surface area contributed by atoms with Crippen molar-refractivity contribution in [2.24, 2.45) is 0 Å². The third kappa shape index (κ3) is 3.56. The lowest BCUT2D eigenvalue weighted by Gasteiger charge is -2.06. The molecule has 0 saturated carbocycles. The van der Waals surface area contributed by atoms with Gasteiger partial charge in [0.25, 0.3) is 0 Å². The van der Waals surface area contributed by atoms with Crippen molar-refractivity contribution in [2.45, 2.75) is 13.3 Å². The molecule has 0 aromatic heterocycles. The van der Waals surface area contributed by atoms with Crippen LogP contribution in [0.15, 0.2) is 18.2 Å². The highest BCUT2D eigenvalue weighted by atomic mass is 79.9. The minimum Gasteiger partial charge on any atom is -0.462 e. The SMILES string of the molecule is CCOC(=O)c1ccc(C(=O)CCBr)c(N)c1. The minimum absolute atomic E-state index is 0.0465. The number of carbonyl (C=O) groups is 2. The second-order valence-electron chi connectivity index (χ2n) is 3.38. The van der Waals surface area contributed by atoms with Crippen LogP contribution in [-0.2, 0) is 4.74 Å². The lowest BCUT2D eigenvalue weighted by molar-refractivity contribution is 0.0526. The van der Waals surface area contributed by atoms with Gasteiger partial charge in [-0.25, -0.2) is 4.79 Å². The van der Waals surface area contributed by atoms with Gasteiger partial charge < -0.3 is 10.5 Å². The number of hydrogen-bond donors (Lipinski definition) is 1. The summed E-state index contributed by atoms with van der Waals surface area (Å²) in [4.78, 5) is 23.1. The number of carbonyl (C=O) groups excluding carboxylic acids is 2. The van der Waals surface area contributed by atoms with Gasteiger partial charge in [-0.2, -0.15) is 0 Å². The number of ketones is 1. The van der Waals surface area contributed by atoms with Crippen LogP contribution in [0.2, 0.25) is 0 Å². The van der Waals surface area contributed by atoms with Gasteiger partial charge in [0.15, 0.2) is 5.78 Å². The summed E-state index contributed by atoms with van der Waals surface area (Å²) >= 11 is 3.19. The first-order valence-corrected chi connectivity index (χ1v) is 6.38. The van der Waals surface area contributed by atoms with Crippen molar-refractivity contribution in [3.63, 3.8) is 0 Å². The number of Topliss-reactive ketones (excluding diaryl/α,β-unsaturated/α-hetero) is 1. The predicted molar refractivity (Wildman–Crippen MR) is 69.6 cm³/mol. The van der Waals surface area contributed by atoms with E-state index < -0.39 is 5.97 Å². The number of ether oxygens (including phenoxy) is 1. The molecule has 0 saturated heterocycles. The Bertz CT molecular complexity index is 432. The maximum atomic E-state index is 11.6. The van der Waals surface area contributed by atoms with Gasteiger partial charge in [-0.05, 0) is 25.1 Å². The van der Waals surface area contributed by atoms with Gasteiger partial charge >= 0.3 is 5.97 Å². The molecular formula is C12H14BrNO3. The Kier molecular flexibility index (Phi) is 5.15. The molecule has 0 radical (unpaired) electrons. The van der Waals surface area contributed by atoms with Crippen molar-refractivity contribution in [3.8, 4) is 0 Å². The van der Waals surface area contributed by atoms with Crippen LogP contribution in [0.3, 0.4) is 0 Å². The zero-order chi connectivity index (χ0) is 12.8. The van der Waals surface area contributed by atoms with Gasteiger partial charge in [-0.15, -0.1) is 0 Å². The van der Waals surface area contributed by atoms with Crippen LogP contribution < -0.4 is 5.73 Å². The van der Waals surface area contributed by atoms with Crippen molar-refractivity contribution in [3.05, 3.63) is 29.3 Å². The molecular weight excluding hydrogens is 286 g/mol. The molecule has 0 aliphatic heterocycles. The molecule has 2 N–H and O–H groups in total. The summed E-state index contributed by atoms with van der Waals surface area (Å²) in [6.45, 7) is 2.04. The number of alkyl halides is 1. The van der Waals surface area contributed by atoms with Crippen LogP contribution in [-0.4, -0.2) is 23.7 Å². The Morgan fingerprint density at radius 2 is 2.12 bits per heavy atom. The number of nitrogens with two attached hydrogens (primary N) is 1. The average Bonchev–Trinajstić information content (AvgIpc) is 2.29. The molecule has 4 nitrogen and oxygen atoms in total. The van der Waals surface area contributed by atoms with Crippen LogP contribution >= 0.6 is 15.9 Å². The molecule has 1 aromatic rings. The Balaban J connectivity index is 2.93. The molecule has 1 aromatic carbocycles. The van der Waals surface area contributed by atoms with E-state index in [1.807, 2.05) is 0 Å². The zero-order valence-electron chi connectivity index (χ0n) is 9.53. The number of rotatable bonds is 5. The first-order chi connectivity index (χ1) is 8.10. The lowest BCUT2D eigenvalue weighted by atomic mass is 10.0. The molecule has 0 amide bonds. The monoisotopic (exact) mass is 299 g/mol. The average molecular weight is 300 g/mol. The quantitative estimate of drug-likeness (QED) is 0.392. The third-order valence-electron chi connectivity index (χ3n) is 2.18. The molecule has 0 aliphatic rings. The standard InChI is InChI=1S/C12H14BrNO3/c1-2-17-12(16)8-3-4-9(10(14)7-8)11(15)5-6-13/h3-4,7H,2,5-6,14H2,1H3. The summed E-state index contributed by atoms with van der Waals surface area (Å²) in [7, 11) is 0. The molecule has 92 valence electrons. The Morgan fingerprint density at radius 1 is 1.41 bits per heavy atom. The van der Waals surface area contributed by atoms with Crippen LogP contribution in [0.25, 0.3) is 0 Å². The topological polar surface area (TPSA) is 69.4 Å². The summed E-state index contributed by atoms with van der Waals surface area (Å²) in [6.07, 6.45) is 0.378. The van der Waals surface area contributed by atoms with Crippen LogP contribution in [0.1, 0.15) is 34.1 Å². The second-order valence-corrected chi connectivity index (χ2v) is 4.18. The smallest absolute Gasteiger partial charge is 0.338 e. The van der Waals surface area contributed by atoms with Crippen LogP contribution in [0, 0.1) is 0 Å². The van der Waals surface area contributed by atoms with Gasteiger partial charge in [0, 0.05) is 23.0 Å². The maximum absolute atomic E-state index is 11.6. The normalized spacial score (nSPS) is 10.0. The van der Waals surface area contributed by atoms with E-state index >= 15 is 0 Å². The number of esters is 1. The van der Waals surface area contributed by atoms with Crippen LogP contribution in [0.5, 0.6) is 0 Å². The molecule has 1 rings (SSSR count). The zero-order valence-corrected chi connectivity index (χ0v) is 11.1. The van der Waals surface area contributed by atoms with Gasteiger partial charge in [0.1, 0.15) is 0 Å². The largest absolute Gasteiger partial charge is 0.462 e. The number of anilines is 1. The fourth-order valence-corrected chi connectivity index (χ4v) is 1.74. The summed E-state index contributed by atoms with van der Waals surface area (Å²) in [5.74, 6) is -0.478. The lowest BCUT2D eigenvalue weighted by Crippen LogP contribution is -2.09. The number of halogens is 1. The molecule has 0 fully saturated rings. The highest BCUT2D eigenvalue weighted by Crippen LogP contribution is 2.17. The van der Waals surface area contributed by atoms with E-state index in [1.54, 1.807) is 19.1 Å². The predicted octanol–water partition coefficient (Wildman–Crippen LogP) is 2.41. The first-order valence-electron chi connectivity index (χ1n) is 5.26. The minimum atomic E-state index is -0.432. The summed E-state index contributed by atoms with van der Waals surface area (Å²) in [5, 5.41) is 0.588. The maximum Gasteiger partial charge on any atom is 0.338 e. The van der Waals surface area contributed by atoms with E-state index in [-0.39, 0.29) is 5.78 Å². The van der Waals surface area contributed by atoms with E-state index in [9.17, 15) is 9.59 Å². The third-order valence-corrected chi connectivity index (χ3v) is 2.58. The van der Waals surface area contributed by atoms with Gasteiger partial charge in [-0.1, -0.05) is 15.9 Å². The molecule has 0 aliphatic carbocycles. The van der Waals surface area contributed by atoms with E-state index in [2.05, 4.69) is 15.9 Å². The number of benzene rings is 1. The fraction of sp³-hybridized carbons (Fsp3) is 0.333. The van der Waals surface area contributed by atoms with Crippen molar-refractivity contribution in [1.29, 1.82) is 0 Å². The Morgan fingerprint density at radius 3 is 2.65 bits per heavy atom. The van der Waals surface area contributed by atoms with E-state index in [1.165, 1.54) is 6.07 Å². The van der Waals surface area contributed by atoms with E-state index in [0.29, 0.717) is 35.2 Å². The molecule has 0 spiro atoms. The molecule has 0 atom stereocenters. The highest BCUT2D eigenvalue weighted by Gasteiger charge is 2.13. The van der Waals surface area contributed by atoms with Gasteiger partial charge in [0.05, 0.1) is 12.2 Å². The van der Waals surface area contributed by atoms with E-state index in [4.69, 9.17) is 10.5 Å². The second kappa shape index (κ2) is 6.39. The van der Waals surface area contributed by atoms with E-state index in [0.717, 1.165) is 0 Å². The van der Waals surface area contributed by atoms with Crippen molar-refractivity contribution in [1.82, 2.24) is 0 Å². The number of hydrogen-bond acceptors (Lipinski definition) is 4. The Labute approximate surface area is 108 Å². The summed E-state index contributed by atoms with van der Waals surface area (Å²) in [5.41, 5.74) is 6.85. The van der Waals surface area contributed by atoms with Crippen molar-refractivity contribution < 1.29 is 14.3 Å². The number of nitrogen functional groups attached to an aromatic ring is 1. The highest BCUT2D eigenvalue weighted by molar-refractivity contribution is 9.09. The van der Waals surface area contributed by atoms with Crippen LogP contribution in [0.4, 0.5) is 5.69 Å². The van der Waals surface area contributed by atoms with Gasteiger partial charge in [-0.3, -0.25) is 4.79 Å². The van der Waals surface area contributed by atoms with Crippen molar-refractivity contribution >= 4 is 33.4 Å². The summed E-state index contributed by atoms with van der Waals surface area (Å²) in [6, 6.07) is 4.59. The first kappa shape index (κ1) is 13.7. The van der Waals surface area contributed by atoms with Crippen molar-refractivity contribution in [2.75, 3.05) is 17.7 Å². The molecule has 17 heavy (non-hydrogen) atoms. The van der Waals surface area contributed by atoms with Gasteiger partial charge in [0.2, 0.25) is 0 Å². The molecule has 5 heteroatoms.